The zero-order chi connectivity index (χ0) is 9.30. The third-order valence-electron chi connectivity index (χ3n) is 1.88. The van der Waals surface area contributed by atoms with E-state index in [-0.39, 0.29) is 5.56 Å². The zero-order valence-corrected chi connectivity index (χ0v) is 6.87. The fraction of sp³-hybridized carbons (Fsp3) is 0.333. The molecule has 0 N–H and O–H groups in total. The summed E-state index contributed by atoms with van der Waals surface area (Å²) in [5.41, 5.74) is 0.736. The maximum absolute atomic E-state index is 12.9. The molecule has 0 atom stereocenters. The van der Waals surface area contributed by atoms with E-state index in [1.165, 1.54) is 6.07 Å². The topological polar surface area (TPSA) is 0 Å². The number of halogens is 3. The van der Waals surface area contributed by atoms with E-state index in [9.17, 15) is 13.2 Å². The molecule has 0 saturated carbocycles. The summed E-state index contributed by atoms with van der Waals surface area (Å²) in [6.07, 6.45) is -2.60. The Bertz CT molecular complexity index is 269. The Morgan fingerprint density at radius 2 is 1.75 bits per heavy atom. The van der Waals surface area contributed by atoms with Crippen molar-refractivity contribution < 1.29 is 13.2 Å². The fourth-order valence-electron chi connectivity index (χ4n) is 0.969. The van der Waals surface area contributed by atoms with Crippen LogP contribution in [0.15, 0.2) is 12.1 Å². The van der Waals surface area contributed by atoms with E-state index in [2.05, 4.69) is 0 Å². The van der Waals surface area contributed by atoms with Crippen LogP contribution in [0.1, 0.15) is 23.1 Å². The van der Waals surface area contributed by atoms with Gasteiger partial charge in [0.1, 0.15) is 5.82 Å². The first kappa shape index (κ1) is 9.10. The summed E-state index contributed by atoms with van der Waals surface area (Å²) in [5, 5.41) is 0. The molecule has 1 aromatic rings. The van der Waals surface area contributed by atoms with Crippen LogP contribution in [0.2, 0.25) is 0 Å². The van der Waals surface area contributed by atoms with Crippen LogP contribution >= 0.6 is 0 Å². The van der Waals surface area contributed by atoms with Crippen LogP contribution in [-0.2, 0) is 0 Å². The number of aryl methyl sites for hydroxylation is 1. The fourth-order valence-corrected chi connectivity index (χ4v) is 0.969. The second kappa shape index (κ2) is 3.17. The minimum Gasteiger partial charge on any atom is -0.207 e. The molecule has 0 spiro atoms. The Hall–Kier alpha value is -0.990. The van der Waals surface area contributed by atoms with E-state index >= 15 is 0 Å². The monoisotopic (exact) mass is 174 g/mol. The summed E-state index contributed by atoms with van der Waals surface area (Å²) in [4.78, 5) is 0. The molecular formula is C9H9F3. The van der Waals surface area contributed by atoms with Crippen LogP contribution in [0, 0.1) is 19.7 Å². The summed E-state index contributed by atoms with van der Waals surface area (Å²) >= 11 is 0. The summed E-state index contributed by atoms with van der Waals surface area (Å²) in [7, 11) is 0. The van der Waals surface area contributed by atoms with E-state index in [1.807, 2.05) is 0 Å². The van der Waals surface area contributed by atoms with Gasteiger partial charge in [0.15, 0.2) is 0 Å². The predicted octanol–water partition coefficient (Wildman–Crippen LogP) is 3.38. The average Bonchev–Trinajstić information content (AvgIpc) is 1.99. The minimum atomic E-state index is -2.60. The summed E-state index contributed by atoms with van der Waals surface area (Å²) in [5.74, 6) is -0.565. The highest BCUT2D eigenvalue weighted by Crippen LogP contribution is 2.23. The second-order valence-electron chi connectivity index (χ2n) is 2.75. The maximum atomic E-state index is 12.9. The molecule has 0 aliphatic carbocycles. The van der Waals surface area contributed by atoms with Crippen molar-refractivity contribution in [3.05, 3.63) is 34.6 Å². The molecule has 1 aromatic carbocycles. The standard InChI is InChI=1S/C9H9F3/c1-5-3-7(9(11)12)4-8(10)6(5)2/h3-4,9H,1-2H3. The first-order valence-electron chi connectivity index (χ1n) is 3.57. The minimum absolute atomic E-state index is 0.254. The van der Waals surface area contributed by atoms with Gasteiger partial charge < -0.3 is 0 Å². The van der Waals surface area contributed by atoms with Gasteiger partial charge in [-0.3, -0.25) is 0 Å². The van der Waals surface area contributed by atoms with Crippen molar-refractivity contribution in [3.63, 3.8) is 0 Å². The molecule has 12 heavy (non-hydrogen) atoms. The molecule has 0 nitrogen and oxygen atoms in total. The molecule has 3 heteroatoms. The van der Waals surface area contributed by atoms with Crippen molar-refractivity contribution in [1.82, 2.24) is 0 Å². The van der Waals surface area contributed by atoms with Gasteiger partial charge in [-0.1, -0.05) is 0 Å². The van der Waals surface area contributed by atoms with E-state index in [0.717, 1.165) is 6.07 Å². The lowest BCUT2D eigenvalue weighted by atomic mass is 10.1. The Labute approximate surface area is 69.0 Å². The highest BCUT2D eigenvalue weighted by atomic mass is 19.3. The molecule has 0 aromatic heterocycles. The summed E-state index contributed by atoms with van der Waals surface area (Å²) in [6.45, 7) is 3.18. The smallest absolute Gasteiger partial charge is 0.207 e. The number of hydrogen-bond acceptors (Lipinski definition) is 0. The van der Waals surface area contributed by atoms with Crippen LogP contribution < -0.4 is 0 Å². The van der Waals surface area contributed by atoms with Crippen LogP contribution in [0.5, 0.6) is 0 Å². The molecule has 1 rings (SSSR count). The van der Waals surface area contributed by atoms with Crippen molar-refractivity contribution in [2.75, 3.05) is 0 Å². The maximum Gasteiger partial charge on any atom is 0.263 e. The van der Waals surface area contributed by atoms with Gasteiger partial charge in [0.25, 0.3) is 6.43 Å². The van der Waals surface area contributed by atoms with Gasteiger partial charge in [-0.25, -0.2) is 13.2 Å². The van der Waals surface area contributed by atoms with E-state index < -0.39 is 12.2 Å². The van der Waals surface area contributed by atoms with Gasteiger partial charge in [-0.05, 0) is 37.1 Å². The van der Waals surface area contributed by atoms with Crippen LogP contribution in [0.3, 0.4) is 0 Å². The molecule has 66 valence electrons. The lowest BCUT2D eigenvalue weighted by Crippen LogP contribution is -1.92. The largest absolute Gasteiger partial charge is 0.263 e. The number of rotatable bonds is 1. The molecule has 0 fully saturated rings. The third-order valence-corrected chi connectivity index (χ3v) is 1.88. The molecule has 0 unspecified atom stereocenters. The van der Waals surface area contributed by atoms with Crippen molar-refractivity contribution in [3.8, 4) is 0 Å². The molecule has 0 radical (unpaired) electrons. The molecule has 0 saturated heterocycles. The highest BCUT2D eigenvalue weighted by Gasteiger charge is 2.10. The Balaban J connectivity index is 3.21. The van der Waals surface area contributed by atoms with Gasteiger partial charge >= 0.3 is 0 Å². The van der Waals surface area contributed by atoms with E-state index in [0.29, 0.717) is 11.1 Å². The zero-order valence-electron chi connectivity index (χ0n) is 6.87. The lowest BCUT2D eigenvalue weighted by molar-refractivity contribution is 0.151. The van der Waals surface area contributed by atoms with Crippen molar-refractivity contribution in [1.29, 1.82) is 0 Å². The Morgan fingerprint density at radius 3 is 2.17 bits per heavy atom. The van der Waals surface area contributed by atoms with Crippen molar-refractivity contribution in [2.24, 2.45) is 0 Å². The molecule has 0 amide bonds. The van der Waals surface area contributed by atoms with Gasteiger partial charge in [-0.15, -0.1) is 0 Å². The SMILES string of the molecule is Cc1cc(C(F)F)cc(F)c1C. The molecular weight excluding hydrogens is 165 g/mol. The van der Waals surface area contributed by atoms with Crippen molar-refractivity contribution >= 4 is 0 Å². The van der Waals surface area contributed by atoms with Gasteiger partial charge in [0.2, 0.25) is 0 Å². The summed E-state index contributed by atoms with van der Waals surface area (Å²) < 4.78 is 37.1. The first-order chi connectivity index (χ1) is 5.52. The van der Waals surface area contributed by atoms with Gasteiger partial charge in [0, 0.05) is 5.56 Å². The highest BCUT2D eigenvalue weighted by molar-refractivity contribution is 5.31. The normalized spacial score (nSPS) is 10.8. The Morgan fingerprint density at radius 1 is 1.17 bits per heavy atom. The average molecular weight is 174 g/mol. The van der Waals surface area contributed by atoms with Crippen molar-refractivity contribution in [2.45, 2.75) is 20.3 Å². The molecule has 0 bridgehead atoms. The Kier molecular flexibility index (Phi) is 2.40. The molecule has 0 aliphatic rings. The van der Waals surface area contributed by atoms with Gasteiger partial charge in [0.05, 0.1) is 0 Å². The van der Waals surface area contributed by atoms with Crippen LogP contribution in [0.25, 0.3) is 0 Å². The number of hydrogen-bond donors (Lipinski definition) is 0. The quantitative estimate of drug-likeness (QED) is 0.612. The van der Waals surface area contributed by atoms with E-state index in [4.69, 9.17) is 0 Å². The number of benzene rings is 1. The summed E-state index contributed by atoms with van der Waals surface area (Å²) in [6, 6.07) is 2.19. The lowest BCUT2D eigenvalue weighted by Gasteiger charge is -2.05. The molecule has 0 heterocycles. The van der Waals surface area contributed by atoms with Crippen LogP contribution in [0.4, 0.5) is 13.2 Å². The van der Waals surface area contributed by atoms with Gasteiger partial charge in [-0.2, -0.15) is 0 Å². The third kappa shape index (κ3) is 1.60. The van der Waals surface area contributed by atoms with E-state index in [1.54, 1.807) is 13.8 Å². The number of alkyl halides is 2. The first-order valence-corrected chi connectivity index (χ1v) is 3.57. The molecule has 0 aliphatic heterocycles. The second-order valence-corrected chi connectivity index (χ2v) is 2.75. The van der Waals surface area contributed by atoms with Crippen LogP contribution in [-0.4, -0.2) is 0 Å². The predicted molar refractivity (Wildman–Crippen MR) is 40.8 cm³/mol.